The Morgan fingerprint density at radius 2 is 2.22 bits per heavy atom. The second kappa shape index (κ2) is 6.80. The summed E-state index contributed by atoms with van der Waals surface area (Å²) in [6.07, 6.45) is 1.54. The van der Waals surface area contributed by atoms with E-state index in [9.17, 15) is 4.79 Å². The Bertz CT molecular complexity index is 747. The van der Waals surface area contributed by atoms with Crippen molar-refractivity contribution in [1.29, 1.82) is 0 Å². The second-order valence-electron chi connectivity index (χ2n) is 5.26. The number of thiophene rings is 1. The van der Waals surface area contributed by atoms with Crippen LogP contribution in [-0.2, 0) is 0 Å². The largest absolute Gasteiger partial charge is 0.461 e. The molecule has 23 heavy (non-hydrogen) atoms. The molecule has 0 saturated heterocycles. The fourth-order valence-electron chi connectivity index (χ4n) is 2.22. The maximum Gasteiger partial charge on any atom is 0.273 e. The Hall–Kier alpha value is -2.38. The summed E-state index contributed by atoms with van der Waals surface area (Å²) >= 11 is 1.67. The van der Waals surface area contributed by atoms with E-state index in [1.807, 2.05) is 25.5 Å². The van der Waals surface area contributed by atoms with Gasteiger partial charge in [0.1, 0.15) is 0 Å². The van der Waals surface area contributed by atoms with Gasteiger partial charge in [0.15, 0.2) is 11.5 Å². The molecule has 3 aromatic rings. The number of amides is 1. The van der Waals surface area contributed by atoms with Crippen molar-refractivity contribution in [3.8, 4) is 11.5 Å². The quantitative estimate of drug-likeness (QED) is 0.752. The Labute approximate surface area is 137 Å². The fraction of sp³-hybridized carbons (Fsp3) is 0.250. The first-order valence-corrected chi connectivity index (χ1v) is 8.01. The maximum atomic E-state index is 12.2. The van der Waals surface area contributed by atoms with Crippen LogP contribution in [0.5, 0.6) is 0 Å². The molecular weight excluding hydrogens is 314 g/mol. The Balaban J connectivity index is 1.65. The van der Waals surface area contributed by atoms with E-state index in [1.165, 1.54) is 4.88 Å². The number of likely N-dealkylation sites (N-methyl/N-ethyl adjacent to an activating group) is 1. The SMILES string of the molecule is CN(C)C(CNC(=O)c1cc(-c2ccco2)on1)c1cccs1. The summed E-state index contributed by atoms with van der Waals surface area (Å²) in [6.45, 7) is 0.495. The average molecular weight is 331 g/mol. The molecule has 0 aliphatic heterocycles. The summed E-state index contributed by atoms with van der Waals surface area (Å²) in [4.78, 5) is 15.5. The first kappa shape index (κ1) is 15.5. The lowest BCUT2D eigenvalue weighted by Gasteiger charge is -2.23. The molecule has 1 atom stereocenters. The highest BCUT2D eigenvalue weighted by atomic mass is 32.1. The number of carbonyl (C=O) groups is 1. The molecule has 120 valence electrons. The zero-order valence-electron chi connectivity index (χ0n) is 12.9. The lowest BCUT2D eigenvalue weighted by molar-refractivity contribution is 0.0933. The summed E-state index contributed by atoms with van der Waals surface area (Å²) < 4.78 is 10.4. The van der Waals surface area contributed by atoms with Crippen LogP contribution in [0.25, 0.3) is 11.5 Å². The third-order valence-electron chi connectivity index (χ3n) is 3.46. The molecule has 3 heterocycles. The number of nitrogens with one attached hydrogen (secondary N) is 1. The van der Waals surface area contributed by atoms with E-state index in [0.29, 0.717) is 18.1 Å². The molecule has 0 bridgehead atoms. The summed E-state index contributed by atoms with van der Waals surface area (Å²) in [7, 11) is 3.98. The first-order valence-electron chi connectivity index (χ1n) is 7.14. The number of aromatic nitrogens is 1. The van der Waals surface area contributed by atoms with Gasteiger partial charge in [-0.2, -0.15) is 0 Å². The number of furan rings is 1. The van der Waals surface area contributed by atoms with Gasteiger partial charge in [-0.05, 0) is 37.7 Å². The van der Waals surface area contributed by atoms with Gasteiger partial charge in [0.05, 0.1) is 12.3 Å². The molecule has 0 aliphatic carbocycles. The number of rotatable bonds is 6. The molecule has 0 spiro atoms. The highest BCUT2D eigenvalue weighted by Crippen LogP contribution is 2.23. The molecule has 3 rings (SSSR count). The van der Waals surface area contributed by atoms with Crippen LogP contribution in [0.1, 0.15) is 21.4 Å². The van der Waals surface area contributed by atoms with Gasteiger partial charge in [-0.3, -0.25) is 4.79 Å². The van der Waals surface area contributed by atoms with Gasteiger partial charge in [-0.1, -0.05) is 11.2 Å². The maximum absolute atomic E-state index is 12.2. The molecule has 0 saturated carbocycles. The van der Waals surface area contributed by atoms with Crippen molar-refractivity contribution in [3.05, 3.63) is 52.5 Å². The molecule has 0 aliphatic rings. The summed E-state index contributed by atoms with van der Waals surface area (Å²) in [5.41, 5.74) is 0.236. The number of hydrogen-bond acceptors (Lipinski definition) is 6. The minimum atomic E-state index is -0.269. The van der Waals surface area contributed by atoms with E-state index in [1.54, 1.807) is 35.8 Å². The van der Waals surface area contributed by atoms with Crippen LogP contribution in [0.3, 0.4) is 0 Å². The zero-order chi connectivity index (χ0) is 16.2. The topological polar surface area (TPSA) is 71.5 Å². The average Bonchev–Trinajstić information content (AvgIpc) is 3.27. The van der Waals surface area contributed by atoms with E-state index in [4.69, 9.17) is 8.94 Å². The van der Waals surface area contributed by atoms with E-state index in [-0.39, 0.29) is 17.6 Å². The third-order valence-corrected chi connectivity index (χ3v) is 4.43. The van der Waals surface area contributed by atoms with E-state index in [2.05, 4.69) is 21.4 Å². The lowest BCUT2D eigenvalue weighted by atomic mass is 10.2. The monoisotopic (exact) mass is 331 g/mol. The molecule has 7 heteroatoms. The van der Waals surface area contributed by atoms with Gasteiger partial charge in [-0.25, -0.2) is 0 Å². The predicted molar refractivity (Wildman–Crippen MR) is 87.3 cm³/mol. The minimum absolute atomic E-state index is 0.121. The Morgan fingerprint density at radius 3 is 2.87 bits per heavy atom. The van der Waals surface area contributed by atoms with Crippen molar-refractivity contribution in [1.82, 2.24) is 15.4 Å². The van der Waals surface area contributed by atoms with Crippen molar-refractivity contribution < 1.29 is 13.7 Å². The van der Waals surface area contributed by atoms with Gasteiger partial charge in [-0.15, -0.1) is 11.3 Å². The first-order chi connectivity index (χ1) is 11.1. The van der Waals surface area contributed by atoms with Crippen molar-refractivity contribution in [2.45, 2.75) is 6.04 Å². The van der Waals surface area contributed by atoms with E-state index >= 15 is 0 Å². The molecule has 1 N–H and O–H groups in total. The molecule has 0 aromatic carbocycles. The van der Waals surface area contributed by atoms with E-state index in [0.717, 1.165) is 0 Å². The van der Waals surface area contributed by atoms with Gasteiger partial charge < -0.3 is 19.2 Å². The minimum Gasteiger partial charge on any atom is -0.461 e. The fourth-order valence-corrected chi connectivity index (χ4v) is 3.14. The van der Waals surface area contributed by atoms with Crippen LogP contribution in [0.15, 0.2) is 50.9 Å². The van der Waals surface area contributed by atoms with Gasteiger partial charge in [0, 0.05) is 17.5 Å². The van der Waals surface area contributed by atoms with Crippen LogP contribution in [0, 0.1) is 0 Å². The number of carbonyl (C=O) groups excluding carboxylic acids is 1. The molecule has 1 unspecified atom stereocenters. The molecule has 0 fully saturated rings. The van der Waals surface area contributed by atoms with Crippen molar-refractivity contribution in [3.63, 3.8) is 0 Å². The Morgan fingerprint density at radius 1 is 1.35 bits per heavy atom. The zero-order valence-corrected chi connectivity index (χ0v) is 13.7. The van der Waals surface area contributed by atoms with Gasteiger partial charge in [0.2, 0.25) is 5.76 Å². The standard InChI is InChI=1S/C16H17N3O3S/c1-19(2)12(15-6-4-8-23-15)10-17-16(20)11-9-14(22-18-11)13-5-3-7-21-13/h3-9,12H,10H2,1-2H3,(H,17,20). The molecule has 0 radical (unpaired) electrons. The molecule has 1 amide bonds. The molecule has 6 nitrogen and oxygen atoms in total. The second-order valence-corrected chi connectivity index (χ2v) is 6.24. The van der Waals surface area contributed by atoms with Gasteiger partial charge in [0.25, 0.3) is 5.91 Å². The highest BCUT2D eigenvalue weighted by molar-refractivity contribution is 7.10. The van der Waals surface area contributed by atoms with Crippen LogP contribution >= 0.6 is 11.3 Å². The smallest absolute Gasteiger partial charge is 0.273 e. The summed E-state index contributed by atoms with van der Waals surface area (Å²) in [5.74, 6) is 0.707. The lowest BCUT2D eigenvalue weighted by Crippen LogP contribution is -2.34. The predicted octanol–water partition coefficient (Wildman–Crippen LogP) is 3.03. The van der Waals surface area contributed by atoms with Crippen LogP contribution in [-0.4, -0.2) is 36.6 Å². The van der Waals surface area contributed by atoms with Crippen molar-refractivity contribution >= 4 is 17.2 Å². The van der Waals surface area contributed by atoms with Crippen LogP contribution in [0.2, 0.25) is 0 Å². The van der Waals surface area contributed by atoms with Gasteiger partial charge >= 0.3 is 0 Å². The Kier molecular flexibility index (Phi) is 4.59. The van der Waals surface area contributed by atoms with Crippen molar-refractivity contribution in [2.24, 2.45) is 0 Å². The normalized spacial score (nSPS) is 12.5. The molecule has 3 aromatic heterocycles. The number of hydrogen-bond donors (Lipinski definition) is 1. The van der Waals surface area contributed by atoms with Crippen LogP contribution in [0.4, 0.5) is 0 Å². The van der Waals surface area contributed by atoms with E-state index < -0.39 is 0 Å². The summed E-state index contributed by atoms with van der Waals surface area (Å²) in [5, 5.41) is 8.73. The van der Waals surface area contributed by atoms with Crippen molar-refractivity contribution in [2.75, 3.05) is 20.6 Å². The number of nitrogens with zero attached hydrogens (tertiary/aromatic N) is 2. The molecular formula is C16H17N3O3S. The highest BCUT2D eigenvalue weighted by Gasteiger charge is 2.19. The van der Waals surface area contributed by atoms with Crippen LogP contribution < -0.4 is 5.32 Å². The summed E-state index contributed by atoms with van der Waals surface area (Å²) in [6, 6.07) is 9.26. The third kappa shape index (κ3) is 3.52.